The first-order valence-corrected chi connectivity index (χ1v) is 7.40. The van der Waals surface area contributed by atoms with Gasteiger partial charge in [0, 0.05) is 37.9 Å². The van der Waals surface area contributed by atoms with E-state index in [1.165, 1.54) is 11.3 Å². The Hall–Kier alpha value is -2.29. The van der Waals surface area contributed by atoms with Crippen molar-refractivity contribution in [3.8, 4) is 0 Å². The maximum absolute atomic E-state index is 12.3. The molecule has 0 unspecified atom stereocenters. The minimum Gasteiger partial charge on any atom is -0.370 e. The van der Waals surface area contributed by atoms with E-state index in [2.05, 4.69) is 29.2 Å². The molecule has 3 nitrogen and oxygen atoms in total. The van der Waals surface area contributed by atoms with Gasteiger partial charge in [0.25, 0.3) is 0 Å². The number of anilines is 2. The Morgan fingerprint density at radius 1 is 1.10 bits per heavy atom. The molecule has 1 heterocycles. The van der Waals surface area contributed by atoms with Gasteiger partial charge in [-0.25, -0.2) is 0 Å². The average Bonchev–Trinajstić information content (AvgIpc) is 2.96. The quantitative estimate of drug-likeness (QED) is 0.859. The van der Waals surface area contributed by atoms with Crippen LogP contribution in [0.2, 0.25) is 0 Å². The number of para-hydroxylation sites is 2. The van der Waals surface area contributed by atoms with Crippen LogP contribution in [0.1, 0.15) is 12.0 Å². The third kappa shape index (κ3) is 2.92. The summed E-state index contributed by atoms with van der Waals surface area (Å²) in [6.07, 6.45) is 1.62. The summed E-state index contributed by atoms with van der Waals surface area (Å²) < 4.78 is 0. The van der Waals surface area contributed by atoms with Crippen LogP contribution in [0, 0.1) is 0 Å². The number of carbonyl (C=O) groups excluding carboxylic acids is 1. The average molecular weight is 280 g/mol. The number of hydrogen-bond acceptors (Lipinski definition) is 2. The molecule has 2 aromatic carbocycles. The highest BCUT2D eigenvalue weighted by molar-refractivity contribution is 5.93. The first-order valence-electron chi connectivity index (χ1n) is 7.40. The molecule has 3 rings (SSSR count). The topological polar surface area (TPSA) is 23.6 Å². The van der Waals surface area contributed by atoms with E-state index < -0.39 is 0 Å². The highest BCUT2D eigenvalue weighted by Gasteiger charge is 2.19. The van der Waals surface area contributed by atoms with Crippen LogP contribution in [0.15, 0.2) is 54.6 Å². The Morgan fingerprint density at radius 2 is 1.81 bits per heavy atom. The van der Waals surface area contributed by atoms with Crippen LogP contribution < -0.4 is 9.80 Å². The summed E-state index contributed by atoms with van der Waals surface area (Å²) in [7, 11) is 1.84. The molecule has 1 amide bonds. The second-order valence-electron chi connectivity index (χ2n) is 5.40. The van der Waals surface area contributed by atoms with Crippen LogP contribution in [0.5, 0.6) is 0 Å². The van der Waals surface area contributed by atoms with Crippen molar-refractivity contribution in [3.63, 3.8) is 0 Å². The number of rotatable bonds is 4. The third-order valence-corrected chi connectivity index (χ3v) is 4.10. The second-order valence-corrected chi connectivity index (χ2v) is 5.40. The van der Waals surface area contributed by atoms with Crippen molar-refractivity contribution in [2.75, 3.05) is 29.9 Å². The maximum Gasteiger partial charge on any atom is 0.228 e. The zero-order valence-corrected chi connectivity index (χ0v) is 12.3. The summed E-state index contributed by atoms with van der Waals surface area (Å²) in [6.45, 7) is 1.80. The molecule has 0 aromatic heterocycles. The molecule has 0 aliphatic carbocycles. The van der Waals surface area contributed by atoms with Gasteiger partial charge in [0.1, 0.15) is 0 Å². The lowest BCUT2D eigenvalue weighted by atomic mass is 10.2. The van der Waals surface area contributed by atoms with Crippen LogP contribution in [-0.4, -0.2) is 26.0 Å². The van der Waals surface area contributed by atoms with Crippen LogP contribution in [0.25, 0.3) is 0 Å². The molecule has 1 aliphatic rings. The predicted octanol–water partition coefficient (Wildman–Crippen LogP) is 3.10. The van der Waals surface area contributed by atoms with Gasteiger partial charge in [0.15, 0.2) is 0 Å². The van der Waals surface area contributed by atoms with E-state index in [-0.39, 0.29) is 5.91 Å². The Kier molecular flexibility index (Phi) is 3.91. The highest BCUT2D eigenvalue weighted by Crippen LogP contribution is 2.27. The van der Waals surface area contributed by atoms with E-state index in [9.17, 15) is 4.79 Å². The zero-order valence-electron chi connectivity index (χ0n) is 12.3. The predicted molar refractivity (Wildman–Crippen MR) is 86.8 cm³/mol. The first kappa shape index (κ1) is 13.7. The van der Waals surface area contributed by atoms with E-state index >= 15 is 0 Å². The summed E-state index contributed by atoms with van der Waals surface area (Å²) >= 11 is 0. The molecule has 2 aromatic rings. The van der Waals surface area contributed by atoms with E-state index in [1.54, 1.807) is 4.90 Å². The standard InChI is InChI=1S/C18H20N2O/c1-19(16-8-3-2-4-9-16)18(21)12-14-20-13-11-15-7-5-6-10-17(15)20/h2-10H,11-14H2,1H3. The molecule has 21 heavy (non-hydrogen) atoms. The third-order valence-electron chi connectivity index (χ3n) is 4.10. The molecule has 108 valence electrons. The molecule has 0 fully saturated rings. The zero-order chi connectivity index (χ0) is 14.7. The van der Waals surface area contributed by atoms with Gasteiger partial charge >= 0.3 is 0 Å². The van der Waals surface area contributed by atoms with Crippen molar-refractivity contribution in [1.29, 1.82) is 0 Å². The lowest BCUT2D eigenvalue weighted by Gasteiger charge is -2.22. The number of nitrogens with zero attached hydrogens (tertiary/aromatic N) is 2. The molecule has 1 aliphatic heterocycles. The van der Waals surface area contributed by atoms with Gasteiger partial charge in [0.2, 0.25) is 5.91 Å². The first-order chi connectivity index (χ1) is 10.3. The number of hydrogen-bond donors (Lipinski definition) is 0. The van der Waals surface area contributed by atoms with Crippen molar-refractivity contribution in [2.45, 2.75) is 12.8 Å². The molecule has 0 spiro atoms. The summed E-state index contributed by atoms with van der Waals surface area (Å²) in [6, 6.07) is 18.3. The van der Waals surface area contributed by atoms with Crippen molar-refractivity contribution in [2.24, 2.45) is 0 Å². The van der Waals surface area contributed by atoms with Crippen LogP contribution >= 0.6 is 0 Å². The summed E-state index contributed by atoms with van der Waals surface area (Å²) in [5.74, 6) is 0.158. The van der Waals surface area contributed by atoms with Crippen molar-refractivity contribution < 1.29 is 4.79 Å². The molecule has 0 N–H and O–H groups in total. The SMILES string of the molecule is CN(C(=O)CCN1CCc2ccccc21)c1ccccc1. The smallest absolute Gasteiger partial charge is 0.228 e. The van der Waals surface area contributed by atoms with Crippen molar-refractivity contribution in [3.05, 3.63) is 60.2 Å². The van der Waals surface area contributed by atoms with Gasteiger partial charge in [0.05, 0.1) is 0 Å². The van der Waals surface area contributed by atoms with Crippen LogP contribution in [0.4, 0.5) is 11.4 Å². The molecule has 0 saturated carbocycles. The molecular formula is C18H20N2O. The van der Waals surface area contributed by atoms with Gasteiger partial charge in [-0.15, -0.1) is 0 Å². The van der Waals surface area contributed by atoms with E-state index in [1.807, 2.05) is 37.4 Å². The van der Waals surface area contributed by atoms with Gasteiger partial charge in [-0.2, -0.15) is 0 Å². The Bertz CT molecular complexity index is 624. The summed E-state index contributed by atoms with van der Waals surface area (Å²) in [4.78, 5) is 16.4. The van der Waals surface area contributed by atoms with Gasteiger partial charge in [-0.05, 0) is 30.2 Å². The number of amides is 1. The van der Waals surface area contributed by atoms with Gasteiger partial charge in [-0.3, -0.25) is 4.79 Å². The van der Waals surface area contributed by atoms with Crippen LogP contribution in [0.3, 0.4) is 0 Å². The summed E-state index contributed by atoms with van der Waals surface area (Å²) in [5.41, 5.74) is 3.62. The van der Waals surface area contributed by atoms with E-state index in [4.69, 9.17) is 0 Å². The van der Waals surface area contributed by atoms with Gasteiger partial charge in [-0.1, -0.05) is 36.4 Å². The number of carbonyl (C=O) groups is 1. The Morgan fingerprint density at radius 3 is 2.62 bits per heavy atom. The van der Waals surface area contributed by atoms with Crippen molar-refractivity contribution >= 4 is 17.3 Å². The molecule has 0 bridgehead atoms. The van der Waals surface area contributed by atoms with E-state index in [0.717, 1.165) is 25.2 Å². The number of benzene rings is 2. The fourth-order valence-corrected chi connectivity index (χ4v) is 2.83. The molecule has 3 heteroatoms. The van der Waals surface area contributed by atoms with E-state index in [0.29, 0.717) is 6.42 Å². The Balaban J connectivity index is 1.60. The summed E-state index contributed by atoms with van der Waals surface area (Å²) in [5, 5.41) is 0. The maximum atomic E-state index is 12.3. The fourth-order valence-electron chi connectivity index (χ4n) is 2.83. The Labute approximate surface area is 125 Å². The highest BCUT2D eigenvalue weighted by atomic mass is 16.2. The fraction of sp³-hybridized carbons (Fsp3) is 0.278. The molecular weight excluding hydrogens is 260 g/mol. The second kappa shape index (κ2) is 6.00. The lowest BCUT2D eigenvalue weighted by Crippen LogP contribution is -2.31. The van der Waals surface area contributed by atoms with Crippen LogP contribution in [-0.2, 0) is 11.2 Å². The van der Waals surface area contributed by atoms with Gasteiger partial charge < -0.3 is 9.80 Å². The minimum absolute atomic E-state index is 0.158. The monoisotopic (exact) mass is 280 g/mol. The normalized spacial score (nSPS) is 13.1. The minimum atomic E-state index is 0.158. The molecule has 0 atom stereocenters. The largest absolute Gasteiger partial charge is 0.370 e. The number of fused-ring (bicyclic) bond motifs is 1. The molecule has 0 saturated heterocycles. The molecule has 0 radical (unpaired) electrons. The lowest BCUT2D eigenvalue weighted by molar-refractivity contribution is -0.118. The van der Waals surface area contributed by atoms with Crippen molar-refractivity contribution in [1.82, 2.24) is 0 Å².